The van der Waals surface area contributed by atoms with Gasteiger partial charge in [-0.2, -0.15) is 0 Å². The maximum Gasteiger partial charge on any atom is 0.248 e. The van der Waals surface area contributed by atoms with E-state index in [1.165, 1.54) is 0 Å². The summed E-state index contributed by atoms with van der Waals surface area (Å²) in [5.74, 6) is -1.86. The molecule has 3 amide bonds. The lowest BCUT2D eigenvalue weighted by atomic mass is 9.66. The van der Waals surface area contributed by atoms with Crippen LogP contribution >= 0.6 is 11.8 Å². The Labute approximate surface area is 235 Å². The second kappa shape index (κ2) is 10.3. The minimum atomic E-state index is -0.790. The van der Waals surface area contributed by atoms with Crippen LogP contribution in [0.15, 0.2) is 48.5 Å². The minimum absolute atomic E-state index is 0.0148. The molecule has 5 rings (SSSR count). The number of anilines is 2. The molecule has 0 aromatic heterocycles. The van der Waals surface area contributed by atoms with E-state index in [0.29, 0.717) is 12.1 Å². The van der Waals surface area contributed by atoms with Crippen molar-refractivity contribution in [2.75, 3.05) is 17.2 Å². The number of likely N-dealkylation sites (tertiary alicyclic amines) is 1. The van der Waals surface area contributed by atoms with Crippen LogP contribution in [-0.4, -0.2) is 55.9 Å². The molecule has 8 heteroatoms. The lowest BCUT2D eigenvalue weighted by molar-refractivity contribution is -0.142. The number of aliphatic hydroxyl groups excluding tert-OH is 1. The molecule has 3 aliphatic heterocycles. The summed E-state index contributed by atoms with van der Waals surface area (Å²) in [5, 5.41) is 16.7. The van der Waals surface area contributed by atoms with Gasteiger partial charge in [0.1, 0.15) is 6.04 Å². The van der Waals surface area contributed by atoms with E-state index in [1.807, 2.05) is 76.2 Å². The van der Waals surface area contributed by atoms with Crippen molar-refractivity contribution in [3.8, 4) is 0 Å². The van der Waals surface area contributed by atoms with E-state index in [2.05, 4.69) is 17.6 Å². The number of para-hydroxylation sites is 2. The van der Waals surface area contributed by atoms with E-state index >= 15 is 0 Å². The third-order valence-electron chi connectivity index (χ3n) is 9.36. The van der Waals surface area contributed by atoms with Gasteiger partial charge >= 0.3 is 0 Å². The Bertz CT molecular complexity index is 1270. The quantitative estimate of drug-likeness (QED) is 0.441. The van der Waals surface area contributed by atoms with Crippen LogP contribution in [0.4, 0.5) is 11.4 Å². The molecule has 3 fully saturated rings. The van der Waals surface area contributed by atoms with Gasteiger partial charge in [0, 0.05) is 16.1 Å². The zero-order valence-electron chi connectivity index (χ0n) is 23.4. The van der Waals surface area contributed by atoms with E-state index in [4.69, 9.17) is 0 Å². The summed E-state index contributed by atoms with van der Waals surface area (Å²) in [6.45, 7) is 9.77. The third-order valence-corrected chi connectivity index (χ3v) is 11.3. The molecule has 7 atom stereocenters. The summed E-state index contributed by atoms with van der Waals surface area (Å²) in [4.78, 5) is 44.2. The van der Waals surface area contributed by atoms with Crippen LogP contribution in [0.25, 0.3) is 0 Å². The molecule has 0 aliphatic carbocycles. The van der Waals surface area contributed by atoms with Crippen LogP contribution in [-0.2, 0) is 14.4 Å². The summed E-state index contributed by atoms with van der Waals surface area (Å²) in [6, 6.07) is 13.9. The second-order valence-corrected chi connectivity index (χ2v) is 13.6. The molecule has 208 valence electrons. The molecule has 2 bridgehead atoms. The number of nitrogens with zero attached hydrogens (tertiary/aromatic N) is 1. The highest BCUT2D eigenvalue weighted by Gasteiger charge is 2.77. The first kappa shape index (κ1) is 27.7. The van der Waals surface area contributed by atoms with Gasteiger partial charge in [0.25, 0.3) is 0 Å². The number of aryl methyl sites for hydroxylation is 2. The molecule has 39 heavy (non-hydrogen) atoms. The van der Waals surface area contributed by atoms with Crippen molar-refractivity contribution in [3.63, 3.8) is 0 Å². The number of hydrogen-bond acceptors (Lipinski definition) is 5. The first-order valence-corrected chi connectivity index (χ1v) is 14.8. The lowest BCUT2D eigenvalue weighted by Gasteiger charge is -2.39. The normalized spacial score (nSPS) is 30.7. The average molecular weight is 550 g/mol. The predicted molar refractivity (Wildman–Crippen MR) is 156 cm³/mol. The van der Waals surface area contributed by atoms with Gasteiger partial charge in [0.2, 0.25) is 17.7 Å². The maximum absolute atomic E-state index is 14.4. The van der Waals surface area contributed by atoms with Gasteiger partial charge in [-0.1, -0.05) is 56.7 Å². The van der Waals surface area contributed by atoms with Gasteiger partial charge in [-0.15, -0.1) is 11.8 Å². The van der Waals surface area contributed by atoms with E-state index in [1.54, 1.807) is 16.7 Å². The van der Waals surface area contributed by atoms with Gasteiger partial charge in [-0.05, 0) is 62.8 Å². The molecule has 7 nitrogen and oxygen atoms in total. The number of thioether (sulfide) groups is 1. The number of fused-ring (bicyclic) bond motifs is 1. The van der Waals surface area contributed by atoms with Crippen molar-refractivity contribution in [1.82, 2.24) is 4.90 Å². The highest BCUT2D eigenvalue weighted by atomic mass is 32.2. The number of hydrogen-bond donors (Lipinski definition) is 3. The van der Waals surface area contributed by atoms with Gasteiger partial charge in [0.05, 0.1) is 29.2 Å². The van der Waals surface area contributed by atoms with Crippen LogP contribution in [0.1, 0.15) is 51.2 Å². The largest absolute Gasteiger partial charge is 0.394 e. The standard InChI is InChI=1S/C31H39N3O4S/c1-6-18(2)22(17-35)34-26(28(37)33-25-19(3)11-10-12-20(25)4)31-16-15-30(5,39-31)23(24(31)29(34)38)27(36)32-21-13-8-7-9-14-21/h7-14,18,22-24,26,35H,6,15-17H2,1-5H3,(H,32,36)(H,33,37)/t18-,22-,23+,24-,26?,30-,31?/m0/s1. The Morgan fingerprint density at radius 2 is 1.72 bits per heavy atom. The Balaban J connectivity index is 1.58. The van der Waals surface area contributed by atoms with Gasteiger partial charge in [-0.3, -0.25) is 14.4 Å². The molecule has 3 aliphatic rings. The van der Waals surface area contributed by atoms with Crippen molar-refractivity contribution < 1.29 is 19.5 Å². The van der Waals surface area contributed by atoms with Crippen LogP contribution in [0.5, 0.6) is 0 Å². The Kier molecular flexibility index (Phi) is 7.31. The molecule has 3 heterocycles. The summed E-state index contributed by atoms with van der Waals surface area (Å²) in [5.41, 5.74) is 3.34. The van der Waals surface area contributed by atoms with Gasteiger partial charge in [0.15, 0.2) is 0 Å². The topological polar surface area (TPSA) is 98.7 Å². The number of nitrogens with one attached hydrogen (secondary N) is 2. The number of rotatable bonds is 8. The van der Waals surface area contributed by atoms with Crippen LogP contribution in [0, 0.1) is 31.6 Å². The predicted octanol–water partition coefficient (Wildman–Crippen LogP) is 4.77. The molecule has 2 unspecified atom stereocenters. The van der Waals surface area contributed by atoms with Gasteiger partial charge in [-0.25, -0.2) is 0 Å². The summed E-state index contributed by atoms with van der Waals surface area (Å²) >= 11 is 1.64. The lowest BCUT2D eigenvalue weighted by Crippen LogP contribution is -2.56. The number of benzene rings is 2. The van der Waals surface area contributed by atoms with E-state index < -0.39 is 33.4 Å². The molecular formula is C31H39N3O4S. The Morgan fingerprint density at radius 1 is 1.05 bits per heavy atom. The Morgan fingerprint density at radius 3 is 2.33 bits per heavy atom. The first-order valence-electron chi connectivity index (χ1n) is 13.9. The van der Waals surface area contributed by atoms with Crippen LogP contribution in [0.3, 0.4) is 0 Å². The van der Waals surface area contributed by atoms with Crippen molar-refractivity contribution in [1.29, 1.82) is 0 Å². The molecule has 3 N–H and O–H groups in total. The molecule has 2 aromatic rings. The second-order valence-electron chi connectivity index (χ2n) is 11.7. The highest BCUT2D eigenvalue weighted by Crippen LogP contribution is 2.71. The molecule has 2 aromatic carbocycles. The maximum atomic E-state index is 14.4. The molecule has 1 spiro atoms. The highest BCUT2D eigenvalue weighted by molar-refractivity contribution is 8.02. The third kappa shape index (κ3) is 4.36. The van der Waals surface area contributed by atoms with Crippen molar-refractivity contribution in [2.24, 2.45) is 17.8 Å². The van der Waals surface area contributed by atoms with Crippen LogP contribution in [0.2, 0.25) is 0 Å². The number of carbonyl (C=O) groups is 3. The van der Waals surface area contributed by atoms with Crippen molar-refractivity contribution >= 4 is 40.9 Å². The molecule has 3 saturated heterocycles. The average Bonchev–Trinajstić information content (AvgIpc) is 3.48. The zero-order chi connectivity index (χ0) is 28.1. The van der Waals surface area contributed by atoms with E-state index in [9.17, 15) is 19.5 Å². The van der Waals surface area contributed by atoms with Crippen molar-refractivity contribution in [2.45, 2.75) is 75.5 Å². The zero-order valence-corrected chi connectivity index (χ0v) is 24.2. The monoisotopic (exact) mass is 549 g/mol. The number of carbonyl (C=O) groups excluding carboxylic acids is 3. The fraction of sp³-hybridized carbons (Fsp3) is 0.516. The van der Waals surface area contributed by atoms with Crippen molar-refractivity contribution in [3.05, 3.63) is 59.7 Å². The Hall–Kier alpha value is -2.84. The fourth-order valence-corrected chi connectivity index (χ4v) is 9.52. The van der Waals surface area contributed by atoms with Gasteiger partial charge < -0.3 is 20.6 Å². The van der Waals surface area contributed by atoms with E-state index in [0.717, 1.165) is 29.7 Å². The first-order chi connectivity index (χ1) is 18.6. The number of amides is 3. The van der Waals surface area contributed by atoms with E-state index in [-0.39, 0.29) is 30.2 Å². The van der Waals surface area contributed by atoms with Crippen LogP contribution < -0.4 is 10.6 Å². The molecular weight excluding hydrogens is 510 g/mol. The summed E-state index contributed by atoms with van der Waals surface area (Å²) in [6.07, 6.45) is 2.16. The SMILES string of the molecule is CC[C@H](C)[C@H](CO)N1C(=O)[C@@H]2[C@H](C(=O)Nc3ccccc3)[C@]3(C)CCC2(S3)C1C(=O)Nc1c(C)cccc1C. The fourth-order valence-electron chi connectivity index (χ4n) is 7.18. The smallest absolute Gasteiger partial charge is 0.248 e. The summed E-state index contributed by atoms with van der Waals surface area (Å²) < 4.78 is -1.21. The number of aliphatic hydroxyl groups is 1. The molecule has 0 saturated carbocycles. The minimum Gasteiger partial charge on any atom is -0.394 e. The molecule has 0 radical (unpaired) electrons. The summed E-state index contributed by atoms with van der Waals surface area (Å²) in [7, 11) is 0.